The van der Waals surface area contributed by atoms with Gasteiger partial charge in [-0.05, 0) is 161 Å². The lowest BCUT2D eigenvalue weighted by molar-refractivity contribution is 0.0978. The summed E-state index contributed by atoms with van der Waals surface area (Å²) in [5.41, 5.74) is 18.9. The van der Waals surface area contributed by atoms with Crippen LogP contribution in [0, 0.1) is 5.92 Å². The number of aliphatic hydroxyl groups is 1. The molecule has 4 aromatic carbocycles. The van der Waals surface area contributed by atoms with Crippen molar-refractivity contribution in [2.45, 2.75) is 92.9 Å². The normalized spacial score (nSPS) is 12.0. The van der Waals surface area contributed by atoms with E-state index in [1.165, 1.54) is 14.2 Å². The first-order chi connectivity index (χ1) is 54.1. The van der Waals surface area contributed by atoms with Gasteiger partial charge in [-0.1, -0.05) is 60.0 Å². The third kappa shape index (κ3) is 21.4. The molecular weight excluding hydrogens is 1420 g/mol. The summed E-state index contributed by atoms with van der Waals surface area (Å²) < 4.78 is 0. The number of hydrogen-bond donors (Lipinski definition) is 13. The van der Waals surface area contributed by atoms with Crippen LogP contribution in [0.3, 0.4) is 0 Å². The number of fused-ring (bicyclic) bond motifs is 4. The minimum atomic E-state index is -0.370. The predicted molar refractivity (Wildman–Crippen MR) is 432 cm³/mol. The van der Waals surface area contributed by atoms with E-state index in [0.717, 1.165) is 132 Å². The molecular formula is C79H91N23O9. The molecule has 0 radical (unpaired) electrons. The first kappa shape index (κ1) is 80.0. The smallest absolute Gasteiger partial charge is 0.321 e. The van der Waals surface area contributed by atoms with E-state index < -0.39 is 0 Å². The minimum absolute atomic E-state index is 0.0553. The molecule has 12 aromatic rings. The molecule has 32 heteroatoms. The maximum Gasteiger partial charge on any atom is 0.321 e. The topological polar surface area (TPSA) is 433 Å². The van der Waals surface area contributed by atoms with Crippen LogP contribution in [-0.2, 0) is 14.5 Å². The van der Waals surface area contributed by atoms with Crippen LogP contribution in [0.5, 0.6) is 0 Å². The average Bonchev–Trinajstić information content (AvgIpc) is 1.91. The van der Waals surface area contributed by atoms with E-state index >= 15 is 0 Å². The predicted octanol–water partition coefficient (Wildman–Crippen LogP) is 14.1. The number of rotatable bonds is 27. The van der Waals surface area contributed by atoms with Gasteiger partial charge in [-0.25, -0.2) is 39.1 Å². The second-order valence-electron chi connectivity index (χ2n) is 25.0. The van der Waals surface area contributed by atoms with Crippen molar-refractivity contribution in [1.82, 2.24) is 81.1 Å². The lowest BCUT2D eigenvalue weighted by atomic mass is 9.98. The van der Waals surface area contributed by atoms with Crippen LogP contribution < -0.4 is 42.5 Å². The van der Waals surface area contributed by atoms with Crippen LogP contribution in [0.25, 0.3) is 88.6 Å². The van der Waals surface area contributed by atoms with Crippen molar-refractivity contribution in [1.29, 1.82) is 0 Å². The van der Waals surface area contributed by atoms with Gasteiger partial charge in [0, 0.05) is 139 Å². The number of nitrogens with one attached hydrogen (secondary N) is 12. The Kier molecular flexibility index (Phi) is 28.8. The van der Waals surface area contributed by atoms with E-state index in [1.54, 1.807) is 50.4 Å². The van der Waals surface area contributed by atoms with Crippen LogP contribution in [0.1, 0.15) is 120 Å². The first-order valence-electron chi connectivity index (χ1n) is 36.6. The Morgan fingerprint density at radius 3 is 1.07 bits per heavy atom. The molecule has 8 heterocycles. The van der Waals surface area contributed by atoms with Crippen LogP contribution in [0.4, 0.5) is 43.0 Å². The molecule has 8 amide bonds. The number of nitrogens with zero attached hydrogens (tertiary/aromatic N) is 11. The lowest BCUT2D eigenvalue weighted by Crippen LogP contribution is -2.28. The van der Waals surface area contributed by atoms with E-state index in [4.69, 9.17) is 19.6 Å². The number of unbranched alkanes of at least 4 members (excludes halogenated alkanes) is 1. The quantitative estimate of drug-likeness (QED) is 0.00984. The molecule has 1 aliphatic carbocycles. The summed E-state index contributed by atoms with van der Waals surface area (Å²) in [5.74, 6) is 1.71. The molecule has 13 N–H and O–H groups in total. The molecule has 0 unspecified atom stereocenters. The van der Waals surface area contributed by atoms with Crippen molar-refractivity contribution in [3.05, 3.63) is 169 Å². The van der Waals surface area contributed by atoms with Crippen molar-refractivity contribution >= 4 is 115 Å². The number of Topliss-reactive ketones (excluding diaryl/α,β-unsaturated/α-hetero) is 1. The number of pyridine rings is 4. The number of aromatic nitrogens is 12. The summed E-state index contributed by atoms with van der Waals surface area (Å²) in [6.07, 6.45) is 20.0. The number of anilines is 4. The van der Waals surface area contributed by atoms with Gasteiger partial charge in [0.2, 0.25) is 23.8 Å². The van der Waals surface area contributed by atoms with E-state index in [2.05, 4.69) is 131 Å². The maximum absolute atomic E-state index is 12.8. The number of oxime groups is 3. The van der Waals surface area contributed by atoms with Crippen LogP contribution >= 0.6 is 0 Å². The second kappa shape index (κ2) is 39.9. The zero-order valence-electron chi connectivity index (χ0n) is 63.3. The fourth-order valence-corrected chi connectivity index (χ4v) is 11.9. The second-order valence-corrected chi connectivity index (χ2v) is 25.0. The Morgan fingerprint density at radius 1 is 0.423 bits per heavy atom. The number of amides is 8. The summed E-state index contributed by atoms with van der Waals surface area (Å²) in [4.78, 5) is 123. The van der Waals surface area contributed by atoms with Gasteiger partial charge in [0.15, 0.2) is 5.78 Å². The molecule has 1 fully saturated rings. The number of benzene rings is 4. The molecule has 576 valence electrons. The van der Waals surface area contributed by atoms with Crippen LogP contribution in [-0.4, -0.2) is 166 Å². The summed E-state index contributed by atoms with van der Waals surface area (Å²) >= 11 is 0. The Balaban J connectivity index is 0.000000157. The lowest BCUT2D eigenvalue weighted by Gasteiger charge is -2.09. The van der Waals surface area contributed by atoms with E-state index in [-0.39, 0.29) is 42.5 Å². The number of imidazole rings is 4. The van der Waals surface area contributed by atoms with Crippen LogP contribution in [0.15, 0.2) is 162 Å². The number of aromatic amines is 4. The molecule has 0 saturated heterocycles. The van der Waals surface area contributed by atoms with Crippen molar-refractivity contribution in [3.63, 3.8) is 0 Å². The summed E-state index contributed by atoms with van der Waals surface area (Å²) in [5, 5.41) is 43.1. The zero-order valence-corrected chi connectivity index (χ0v) is 63.3. The number of carbonyl (C=O) groups excluding carboxylic acids is 5. The summed E-state index contributed by atoms with van der Waals surface area (Å²) in [6, 6.07) is 29.9. The van der Waals surface area contributed by atoms with Gasteiger partial charge in [0.05, 0.1) is 55.8 Å². The Bertz CT molecular complexity index is 5230. The van der Waals surface area contributed by atoms with Crippen molar-refractivity contribution < 1.29 is 43.6 Å². The largest absolute Gasteiger partial charge is 0.399 e. The molecule has 0 bridgehead atoms. The number of aliphatic hydroxyl groups excluding tert-OH is 1. The molecule has 13 rings (SSSR count). The molecule has 32 nitrogen and oxygen atoms in total. The fraction of sp³-hybridized carbons (Fsp3) is 0.291. The van der Waals surface area contributed by atoms with E-state index in [0.29, 0.717) is 97.7 Å². The van der Waals surface area contributed by atoms with Crippen LogP contribution in [0.2, 0.25) is 0 Å². The molecule has 111 heavy (non-hydrogen) atoms. The Hall–Kier alpha value is -13.5. The number of ketones is 1. The Labute approximate surface area is 639 Å². The van der Waals surface area contributed by atoms with Gasteiger partial charge in [0.1, 0.15) is 26.8 Å². The fourth-order valence-electron chi connectivity index (χ4n) is 11.9. The third-order valence-corrected chi connectivity index (χ3v) is 17.0. The Morgan fingerprint density at radius 2 is 0.757 bits per heavy atom. The average molecular weight is 1510 g/mol. The van der Waals surface area contributed by atoms with Crippen molar-refractivity contribution in [2.75, 3.05) is 75.4 Å². The van der Waals surface area contributed by atoms with Gasteiger partial charge >= 0.3 is 24.1 Å². The highest BCUT2D eigenvalue weighted by Gasteiger charge is 2.32. The van der Waals surface area contributed by atoms with Gasteiger partial charge in [-0.2, -0.15) is 0 Å². The number of carbonyl (C=O) groups is 5. The van der Waals surface area contributed by atoms with Crippen molar-refractivity contribution in [3.8, 4) is 44.5 Å². The minimum Gasteiger partial charge on any atom is -0.399 e. The summed E-state index contributed by atoms with van der Waals surface area (Å²) in [7, 11) is 4.60. The van der Waals surface area contributed by atoms with Gasteiger partial charge in [0.25, 0.3) is 0 Å². The first-order valence-corrected chi connectivity index (χ1v) is 36.6. The SMILES string of the molecule is CCC/C(=N\OC)c1cc(-c2cccnc2)cc2[nH]c(NC(=O)NCC)nc12.CCNC(=O)Nc1nc2c(/C(=N/OC)C3CC3)cc(-c3cccnc3)cc2[nH]1.CCNC(=O)Nc1nc2c(/C(CC)=N/OC)cc(-c3cccnc3)cc2[nH]1.CCNC(=O)Nc1nc2c(C(=O)CCCCO)cc(-c3cccnc3)cc2[nH]1. The standard InChI is InChI=1S/C20H22N6O2.C20H24N6O2.C20H23N5O3.C19H22N6O2/c1-3-22-20(27)25-19-23-16-10-14(13-5-4-8-21-11-13)9-15(18(16)24-19)17(26-28-2)12-6-7-12;1-4-7-16(26-28-3)15-10-14(13-8-6-9-21-12-13)11-17-18(15)24-19(23-17)25-20(27)22-5-2;1-2-22-20(28)25-19-23-16-11-14(13-6-5-8-21-12-13)10-15(18(16)24-19)17(27)7-3-4-9-26;1-4-15(25-27-3)14-9-13(12-7-6-8-20-11-12)10-16-17(14)23-18(22-16)24-19(26)21-5-2/h4-5,8-12H,3,6-7H2,1-2H3,(H3,22,23,24,25,27);6,8-12H,4-5,7H2,1-3H3,(H3,22,23,24,25,27);5-6,8,10-12,26H,2-4,7,9H2,1H3,(H3,22,23,24,25,28);6-11H,4-5H2,1-3H3,(H3,21,22,23,24,26)/b26-17+;26-16+;;25-15+. The number of urea groups is 4. The highest BCUT2D eigenvalue weighted by atomic mass is 16.6. The molecule has 0 aliphatic heterocycles. The highest BCUT2D eigenvalue weighted by molar-refractivity contribution is 6.14. The number of hydrogen-bond acceptors (Lipinski definition) is 20. The molecule has 1 aliphatic rings. The van der Waals surface area contributed by atoms with E-state index in [1.807, 2.05) is 132 Å². The van der Waals surface area contributed by atoms with Gasteiger partial charge in [-0.3, -0.25) is 46.0 Å². The third-order valence-electron chi connectivity index (χ3n) is 17.0. The molecule has 8 aromatic heterocycles. The highest BCUT2D eigenvalue weighted by Crippen LogP contribution is 2.38. The zero-order chi connectivity index (χ0) is 78.6. The number of H-pyrrole nitrogens is 4. The van der Waals surface area contributed by atoms with Crippen molar-refractivity contribution in [2.24, 2.45) is 21.4 Å². The monoisotopic (exact) mass is 1510 g/mol. The molecule has 0 atom stereocenters. The summed E-state index contributed by atoms with van der Waals surface area (Å²) in [6.45, 7) is 13.6. The molecule has 1 saturated carbocycles. The van der Waals surface area contributed by atoms with Gasteiger partial charge in [-0.15, -0.1) is 0 Å². The van der Waals surface area contributed by atoms with Gasteiger partial charge < -0.3 is 60.8 Å². The van der Waals surface area contributed by atoms with E-state index in [9.17, 15) is 24.0 Å². The molecule has 0 spiro atoms. The maximum atomic E-state index is 12.8.